The van der Waals surface area contributed by atoms with E-state index in [9.17, 15) is 9.59 Å². The Morgan fingerprint density at radius 1 is 1.33 bits per heavy atom. The fraction of sp³-hybridized carbons (Fsp3) is 0.267. The molecule has 0 radical (unpaired) electrons. The normalized spacial score (nSPS) is 11.9. The highest BCUT2D eigenvalue weighted by molar-refractivity contribution is 7.09. The maximum Gasteiger partial charge on any atom is 0.325 e. The van der Waals surface area contributed by atoms with Crippen molar-refractivity contribution in [3.8, 4) is 0 Å². The van der Waals surface area contributed by atoms with E-state index in [-0.39, 0.29) is 5.69 Å². The largest absolute Gasteiger partial charge is 0.480 e. The minimum Gasteiger partial charge on any atom is -0.480 e. The molecule has 1 atom stereocenters. The van der Waals surface area contributed by atoms with Gasteiger partial charge in [-0.05, 0) is 19.4 Å². The van der Waals surface area contributed by atoms with Gasteiger partial charge in [-0.15, -0.1) is 11.3 Å². The van der Waals surface area contributed by atoms with Crippen LogP contribution in [0.2, 0.25) is 0 Å². The van der Waals surface area contributed by atoms with Gasteiger partial charge in [-0.3, -0.25) is 9.59 Å². The number of aryl methyl sites for hydroxylation is 1. The number of nitrogens with one attached hydrogen (secondary N) is 1. The number of carbonyl (C=O) groups excluding carboxylic acids is 1. The van der Waals surface area contributed by atoms with E-state index in [0.29, 0.717) is 6.42 Å². The number of carboxylic acids is 1. The smallest absolute Gasteiger partial charge is 0.325 e. The molecule has 0 saturated carbocycles. The summed E-state index contributed by atoms with van der Waals surface area (Å²) < 4.78 is 0. The third-order valence-corrected chi connectivity index (χ3v) is 3.83. The van der Waals surface area contributed by atoms with Gasteiger partial charge < -0.3 is 10.4 Å². The summed E-state index contributed by atoms with van der Waals surface area (Å²) in [5.41, 5.74) is 2.58. The van der Waals surface area contributed by atoms with Crippen molar-refractivity contribution in [1.29, 1.82) is 0 Å². The lowest BCUT2D eigenvalue weighted by Gasteiger charge is -2.06. The van der Waals surface area contributed by atoms with Gasteiger partial charge in [0.05, 0.1) is 5.01 Å². The van der Waals surface area contributed by atoms with Crippen LogP contribution in [0.15, 0.2) is 29.6 Å². The summed E-state index contributed by atoms with van der Waals surface area (Å²) in [5.74, 6) is -1.53. The molecule has 2 N–H and O–H groups in total. The summed E-state index contributed by atoms with van der Waals surface area (Å²) in [4.78, 5) is 26.8. The Morgan fingerprint density at radius 3 is 2.62 bits per heavy atom. The number of aliphatic carboxylic acids is 1. The molecule has 1 amide bonds. The third-order valence-electron chi connectivity index (χ3n) is 2.98. The summed E-state index contributed by atoms with van der Waals surface area (Å²) in [6, 6.07) is 7.20. The van der Waals surface area contributed by atoms with Gasteiger partial charge in [0, 0.05) is 11.8 Å². The van der Waals surface area contributed by atoms with Gasteiger partial charge >= 0.3 is 5.97 Å². The van der Waals surface area contributed by atoms with Crippen molar-refractivity contribution in [2.24, 2.45) is 0 Å². The predicted molar refractivity (Wildman–Crippen MR) is 80.7 cm³/mol. The highest BCUT2D eigenvalue weighted by Crippen LogP contribution is 2.15. The summed E-state index contributed by atoms with van der Waals surface area (Å²) in [5, 5.41) is 13.6. The van der Waals surface area contributed by atoms with Crippen molar-refractivity contribution in [2.45, 2.75) is 26.3 Å². The summed E-state index contributed by atoms with van der Waals surface area (Å²) in [6.45, 7) is 3.44. The molecule has 0 bridgehead atoms. The maximum absolute atomic E-state index is 11.8. The molecule has 0 aliphatic rings. The summed E-state index contributed by atoms with van der Waals surface area (Å²) >= 11 is 1.39. The first kappa shape index (κ1) is 15.2. The van der Waals surface area contributed by atoms with Gasteiger partial charge in [0.25, 0.3) is 5.91 Å². The van der Waals surface area contributed by atoms with Gasteiger partial charge in [-0.1, -0.05) is 29.8 Å². The molecular formula is C15H16N2O3S. The van der Waals surface area contributed by atoms with Crippen LogP contribution < -0.4 is 5.32 Å². The Kier molecular flexibility index (Phi) is 4.70. The van der Waals surface area contributed by atoms with Crippen molar-refractivity contribution < 1.29 is 14.7 Å². The molecule has 5 nitrogen and oxygen atoms in total. The Balaban J connectivity index is 2.02. The van der Waals surface area contributed by atoms with Crippen LogP contribution in [-0.4, -0.2) is 28.0 Å². The van der Waals surface area contributed by atoms with E-state index in [4.69, 9.17) is 5.11 Å². The average Bonchev–Trinajstić information content (AvgIpc) is 2.90. The first-order chi connectivity index (χ1) is 9.95. The fourth-order valence-electron chi connectivity index (χ4n) is 1.71. The van der Waals surface area contributed by atoms with Crippen LogP contribution in [0.3, 0.4) is 0 Å². The van der Waals surface area contributed by atoms with E-state index in [1.54, 1.807) is 5.38 Å². The van der Waals surface area contributed by atoms with Crippen LogP contribution in [-0.2, 0) is 11.2 Å². The fourth-order valence-corrected chi connectivity index (χ4v) is 2.52. The topological polar surface area (TPSA) is 79.3 Å². The number of thiazole rings is 1. The van der Waals surface area contributed by atoms with Crippen LogP contribution in [0.1, 0.15) is 33.5 Å². The Labute approximate surface area is 126 Å². The number of hydrogen-bond donors (Lipinski definition) is 2. The molecule has 0 aliphatic heterocycles. The van der Waals surface area contributed by atoms with Crippen molar-refractivity contribution in [3.05, 3.63) is 51.5 Å². The number of benzene rings is 1. The first-order valence-corrected chi connectivity index (χ1v) is 7.37. The standard InChI is InChI=1S/C15H16N2O3S/c1-9-3-5-11(6-4-9)7-13-17-12(8-21-13)14(18)16-10(2)15(19)20/h3-6,8,10H,7H2,1-2H3,(H,16,18)(H,19,20)/t10-/m1/s1. The van der Waals surface area contributed by atoms with Gasteiger partial charge in [0.2, 0.25) is 0 Å². The first-order valence-electron chi connectivity index (χ1n) is 6.49. The van der Waals surface area contributed by atoms with Gasteiger partial charge in [0.15, 0.2) is 0 Å². The van der Waals surface area contributed by atoms with Gasteiger partial charge in [-0.25, -0.2) is 4.98 Å². The number of hydrogen-bond acceptors (Lipinski definition) is 4. The van der Waals surface area contributed by atoms with Crippen LogP contribution in [0.25, 0.3) is 0 Å². The second-order valence-corrected chi connectivity index (χ2v) is 5.76. The van der Waals surface area contributed by atoms with E-state index in [1.165, 1.54) is 23.8 Å². The number of amides is 1. The lowest BCUT2D eigenvalue weighted by Crippen LogP contribution is -2.38. The second kappa shape index (κ2) is 6.49. The second-order valence-electron chi connectivity index (χ2n) is 4.82. The van der Waals surface area contributed by atoms with Crippen LogP contribution in [0.4, 0.5) is 0 Å². The van der Waals surface area contributed by atoms with E-state index >= 15 is 0 Å². The van der Waals surface area contributed by atoms with Crippen LogP contribution in [0, 0.1) is 6.92 Å². The van der Waals surface area contributed by atoms with Crippen molar-refractivity contribution in [1.82, 2.24) is 10.3 Å². The van der Waals surface area contributed by atoms with Crippen LogP contribution in [0.5, 0.6) is 0 Å². The van der Waals surface area contributed by atoms with Gasteiger partial charge in [-0.2, -0.15) is 0 Å². The number of carboxylic acid groups (broad SMARTS) is 1. The lowest BCUT2D eigenvalue weighted by molar-refractivity contribution is -0.138. The third kappa shape index (κ3) is 4.13. The quantitative estimate of drug-likeness (QED) is 0.888. The van der Waals surface area contributed by atoms with Crippen molar-refractivity contribution in [2.75, 3.05) is 0 Å². The molecule has 1 aromatic carbocycles. The number of nitrogens with zero attached hydrogens (tertiary/aromatic N) is 1. The average molecular weight is 304 g/mol. The zero-order valence-corrected chi connectivity index (χ0v) is 12.6. The molecule has 0 spiro atoms. The monoisotopic (exact) mass is 304 g/mol. The minimum absolute atomic E-state index is 0.259. The Hall–Kier alpha value is -2.21. The number of aromatic nitrogens is 1. The Bertz CT molecular complexity index is 649. The zero-order valence-electron chi connectivity index (χ0n) is 11.8. The molecule has 0 saturated heterocycles. The molecular weight excluding hydrogens is 288 g/mol. The number of carbonyl (C=O) groups is 2. The molecule has 2 aromatic rings. The predicted octanol–water partition coefficient (Wildman–Crippen LogP) is 2.25. The lowest BCUT2D eigenvalue weighted by atomic mass is 10.1. The highest BCUT2D eigenvalue weighted by Gasteiger charge is 2.17. The van der Waals surface area contributed by atoms with E-state index in [0.717, 1.165) is 10.6 Å². The summed E-state index contributed by atoms with van der Waals surface area (Å²) in [6.07, 6.45) is 0.659. The Morgan fingerprint density at radius 2 is 2.00 bits per heavy atom. The summed E-state index contributed by atoms with van der Waals surface area (Å²) in [7, 11) is 0. The molecule has 0 fully saturated rings. The van der Waals surface area contributed by atoms with Crippen molar-refractivity contribution in [3.63, 3.8) is 0 Å². The SMILES string of the molecule is Cc1ccc(Cc2nc(C(=O)N[C@H](C)C(=O)O)cs2)cc1. The van der Waals surface area contributed by atoms with Gasteiger partial charge in [0.1, 0.15) is 11.7 Å². The number of rotatable bonds is 5. The highest BCUT2D eigenvalue weighted by atomic mass is 32.1. The van der Waals surface area contributed by atoms with E-state index < -0.39 is 17.9 Å². The molecule has 1 heterocycles. The minimum atomic E-state index is -1.07. The molecule has 110 valence electrons. The molecule has 21 heavy (non-hydrogen) atoms. The molecule has 6 heteroatoms. The van der Waals surface area contributed by atoms with Crippen molar-refractivity contribution >= 4 is 23.2 Å². The van der Waals surface area contributed by atoms with E-state index in [1.807, 2.05) is 31.2 Å². The molecule has 1 aromatic heterocycles. The molecule has 2 rings (SSSR count). The van der Waals surface area contributed by atoms with E-state index in [2.05, 4.69) is 10.3 Å². The molecule has 0 aliphatic carbocycles. The molecule has 0 unspecified atom stereocenters. The maximum atomic E-state index is 11.8. The van der Waals surface area contributed by atoms with Crippen LogP contribution >= 0.6 is 11.3 Å². The zero-order chi connectivity index (χ0) is 15.4.